The van der Waals surface area contributed by atoms with Crippen LogP contribution in [0.15, 0.2) is 54.6 Å². The molecule has 1 fully saturated rings. The molecule has 1 aliphatic rings. The van der Waals surface area contributed by atoms with E-state index in [-0.39, 0.29) is 18.9 Å². The fraction of sp³-hybridized carbons (Fsp3) is 0.746. The lowest BCUT2D eigenvalue weighted by atomic mass is 9.98. The Bertz CT molecular complexity index is 1790. The summed E-state index contributed by atoms with van der Waals surface area (Å²) >= 11 is 0. The van der Waals surface area contributed by atoms with Gasteiger partial charge in [0.25, 0.3) is 0 Å². The Morgan fingerprint density at radius 1 is 0.519 bits per heavy atom. The summed E-state index contributed by atoms with van der Waals surface area (Å²) in [6.07, 6.45) is 37.6. The summed E-state index contributed by atoms with van der Waals surface area (Å²) in [6.45, 7) is 8.35. The third kappa shape index (κ3) is 34.8. The van der Waals surface area contributed by atoms with Crippen LogP contribution in [0.3, 0.4) is 0 Å². The molecule has 1 N–H and O–H groups in total. The summed E-state index contributed by atoms with van der Waals surface area (Å²) in [6, 6.07) is 7.58. The Kier molecular flexibility index (Phi) is 40.3. The van der Waals surface area contributed by atoms with Gasteiger partial charge in [0.1, 0.15) is 18.8 Å². The van der Waals surface area contributed by atoms with Crippen molar-refractivity contribution in [2.45, 2.75) is 290 Å². The third-order valence-electron chi connectivity index (χ3n) is 13.8. The number of carbonyl (C=O) groups excluding carboxylic acids is 6. The monoisotopic (exact) mass is 1080 g/mol. The third-order valence-corrected chi connectivity index (χ3v) is 13.8. The highest BCUT2D eigenvalue weighted by Crippen LogP contribution is 2.31. The summed E-state index contributed by atoms with van der Waals surface area (Å²) in [5.41, 5.74) is 0.319. The van der Waals surface area contributed by atoms with Crippen molar-refractivity contribution in [3.63, 3.8) is 0 Å². The van der Waals surface area contributed by atoms with Crippen LogP contribution in [0.2, 0.25) is 0 Å². The molecule has 0 radical (unpaired) electrons. The van der Waals surface area contributed by atoms with Crippen molar-refractivity contribution >= 4 is 35.8 Å². The fourth-order valence-corrected chi connectivity index (χ4v) is 9.61. The van der Waals surface area contributed by atoms with Gasteiger partial charge in [0.05, 0.1) is 18.2 Å². The van der Waals surface area contributed by atoms with Crippen LogP contribution < -0.4 is 5.32 Å². The first-order valence-electron chi connectivity index (χ1n) is 30.1. The molecule has 0 bridgehead atoms. The predicted molar refractivity (Wildman–Crippen MR) is 303 cm³/mol. The van der Waals surface area contributed by atoms with Gasteiger partial charge in [-0.3, -0.25) is 24.0 Å². The van der Waals surface area contributed by atoms with Gasteiger partial charge in [-0.25, -0.2) is 4.79 Å². The lowest BCUT2D eigenvalue weighted by Gasteiger charge is -2.44. The number of amides is 1. The van der Waals surface area contributed by atoms with E-state index in [9.17, 15) is 28.8 Å². The van der Waals surface area contributed by atoms with E-state index in [1.165, 1.54) is 155 Å². The molecular weight excluding hydrogens is 979 g/mol. The van der Waals surface area contributed by atoms with Gasteiger partial charge in [0.15, 0.2) is 24.6 Å². The maximum absolute atomic E-state index is 13.9. The molecule has 2 rings (SSSR count). The van der Waals surface area contributed by atoms with Gasteiger partial charge in [0, 0.05) is 34.1 Å². The van der Waals surface area contributed by atoms with E-state index in [0.717, 1.165) is 65.7 Å². The van der Waals surface area contributed by atoms with Crippen LogP contribution in [0, 0.1) is 0 Å². The Morgan fingerprint density at radius 3 is 1.42 bits per heavy atom. The minimum atomic E-state index is -1.51. The van der Waals surface area contributed by atoms with Crippen LogP contribution in [0.5, 0.6) is 0 Å². The quantitative estimate of drug-likeness (QED) is 0.0282. The molecule has 1 heterocycles. The number of nitrogens with one attached hydrogen (secondary N) is 1. The number of hydrogen-bond acceptors (Lipinski definition) is 13. The average Bonchev–Trinajstić information content (AvgIpc) is 3.39. The molecule has 1 aromatic carbocycles. The molecular formula is C63H103NO13. The molecule has 1 aliphatic heterocycles. The van der Waals surface area contributed by atoms with E-state index in [1.54, 1.807) is 36.4 Å². The summed E-state index contributed by atoms with van der Waals surface area (Å²) in [4.78, 5) is 77.1. The number of benzene rings is 1. The van der Waals surface area contributed by atoms with Gasteiger partial charge in [-0.15, -0.1) is 0 Å². The smallest absolute Gasteiger partial charge is 0.338 e. The Hall–Kier alpha value is -4.56. The molecule has 0 aliphatic carbocycles. The number of carbonyl (C=O) groups is 6. The average molecular weight is 1080 g/mol. The van der Waals surface area contributed by atoms with Crippen LogP contribution in [-0.2, 0) is 57.1 Å². The summed E-state index contributed by atoms with van der Waals surface area (Å²) in [5.74, 6) is -3.86. The van der Waals surface area contributed by atoms with Crippen molar-refractivity contribution in [2.75, 3.05) is 13.2 Å². The van der Waals surface area contributed by atoms with E-state index in [1.807, 2.05) is 6.08 Å². The van der Waals surface area contributed by atoms with Crippen molar-refractivity contribution in [3.8, 4) is 0 Å². The van der Waals surface area contributed by atoms with Crippen LogP contribution in [-0.4, -0.2) is 91.8 Å². The zero-order valence-corrected chi connectivity index (χ0v) is 48.6. The summed E-state index contributed by atoms with van der Waals surface area (Å²) in [5, 5.41) is 3.07. The van der Waals surface area contributed by atoms with Gasteiger partial charge < -0.3 is 38.5 Å². The van der Waals surface area contributed by atoms with Gasteiger partial charge in [0.2, 0.25) is 5.91 Å². The minimum Gasteiger partial charge on any atom is -0.463 e. The normalized spacial score (nSPS) is 18.2. The number of allylic oxidation sites excluding steroid dienone is 3. The van der Waals surface area contributed by atoms with Crippen molar-refractivity contribution in [1.82, 2.24) is 5.32 Å². The predicted octanol–water partition coefficient (Wildman–Crippen LogP) is 14.4. The van der Waals surface area contributed by atoms with Crippen LogP contribution in [0.1, 0.15) is 257 Å². The molecule has 14 heteroatoms. The van der Waals surface area contributed by atoms with Gasteiger partial charge in [-0.05, 0) is 63.2 Å². The largest absolute Gasteiger partial charge is 0.463 e. The Morgan fingerprint density at radius 2 is 0.948 bits per heavy atom. The molecule has 0 spiro atoms. The SMILES string of the molecule is CCCCCCCC/C=C/CCCCCCCCCCCCCC(=O)N[C@@H](CO[C@H]1O[C@H](COC(C)=O)[C@H](OC(C)=O)[C@H](OC(C)=O)[C@H]1OC(C)=O)[C@@H](/C=C/CCCCCCCCCCCCC)OC(=O)c1ccccc1. The molecule has 438 valence electrons. The second-order valence-electron chi connectivity index (χ2n) is 21.0. The van der Waals surface area contributed by atoms with Crippen molar-refractivity contribution in [1.29, 1.82) is 0 Å². The standard InChI is InChI=1S/C63H103NO13/c1-7-9-11-13-15-17-19-21-22-23-24-25-26-27-28-30-32-34-36-38-43-47-58(69)64-55(48-72-63-61(75-53(6)68)60(74-52(5)67)59(73-51(4)66)57(77-63)49-71-50(3)65)56(76-62(70)54-44-40-39-41-45-54)46-42-37-35-33-31-29-20-18-16-14-12-10-8-2/h21-22,39-42,44-46,55-57,59-61,63H,7-20,23-38,43,47-49H2,1-6H3,(H,64,69)/b22-21+,46-42+/t55-,56+,57+,59-,60-,61+,63-/m0/s1. The lowest BCUT2D eigenvalue weighted by molar-refractivity contribution is -0.309. The summed E-state index contributed by atoms with van der Waals surface area (Å²) < 4.78 is 40.9. The highest BCUT2D eigenvalue weighted by Gasteiger charge is 2.53. The van der Waals surface area contributed by atoms with E-state index in [4.69, 9.17) is 33.2 Å². The highest BCUT2D eigenvalue weighted by molar-refractivity contribution is 5.89. The molecule has 0 unspecified atom stereocenters. The lowest BCUT2D eigenvalue weighted by Crippen LogP contribution is -2.63. The molecule has 0 aromatic heterocycles. The van der Waals surface area contributed by atoms with Gasteiger partial charge in [-0.2, -0.15) is 0 Å². The molecule has 14 nitrogen and oxygen atoms in total. The Labute approximate surface area is 464 Å². The minimum absolute atomic E-state index is 0.228. The first-order valence-corrected chi connectivity index (χ1v) is 30.1. The van der Waals surface area contributed by atoms with Crippen molar-refractivity contribution < 1.29 is 61.9 Å². The van der Waals surface area contributed by atoms with Crippen LogP contribution >= 0.6 is 0 Å². The van der Waals surface area contributed by atoms with Gasteiger partial charge in [-0.1, -0.05) is 204 Å². The first kappa shape index (κ1) is 68.5. The number of unbranched alkanes of at least 4 members (excludes halogenated alkanes) is 28. The molecule has 1 aromatic rings. The van der Waals surface area contributed by atoms with E-state index < -0.39 is 79.3 Å². The molecule has 1 amide bonds. The van der Waals surface area contributed by atoms with Crippen LogP contribution in [0.4, 0.5) is 0 Å². The second-order valence-corrected chi connectivity index (χ2v) is 21.0. The number of ether oxygens (including phenoxy) is 7. The zero-order valence-electron chi connectivity index (χ0n) is 48.6. The van der Waals surface area contributed by atoms with Crippen LogP contribution in [0.25, 0.3) is 0 Å². The fourth-order valence-electron chi connectivity index (χ4n) is 9.61. The maximum Gasteiger partial charge on any atom is 0.338 e. The summed E-state index contributed by atoms with van der Waals surface area (Å²) in [7, 11) is 0. The first-order chi connectivity index (χ1) is 37.4. The number of hydrogen-bond donors (Lipinski definition) is 1. The molecule has 7 atom stereocenters. The number of rotatable bonds is 46. The van der Waals surface area contributed by atoms with Crippen molar-refractivity contribution in [3.05, 3.63) is 60.2 Å². The Balaban J connectivity index is 2.16. The van der Waals surface area contributed by atoms with Crippen molar-refractivity contribution in [2.24, 2.45) is 0 Å². The zero-order chi connectivity index (χ0) is 56.1. The number of esters is 5. The molecule has 77 heavy (non-hydrogen) atoms. The molecule has 0 saturated carbocycles. The maximum atomic E-state index is 13.9. The van der Waals surface area contributed by atoms with E-state index in [0.29, 0.717) is 12.0 Å². The van der Waals surface area contributed by atoms with Gasteiger partial charge >= 0.3 is 29.8 Å². The second kappa shape index (κ2) is 45.3. The highest BCUT2D eigenvalue weighted by atomic mass is 16.7. The van der Waals surface area contributed by atoms with E-state index in [2.05, 4.69) is 31.3 Å². The van der Waals surface area contributed by atoms with E-state index >= 15 is 0 Å². The molecule has 1 saturated heterocycles. The topological polar surface area (TPSA) is 179 Å².